The van der Waals surface area contributed by atoms with Crippen LogP contribution in [0.3, 0.4) is 0 Å². The Morgan fingerprint density at radius 1 is 1.46 bits per heavy atom. The highest BCUT2D eigenvalue weighted by atomic mass is 15.3. The summed E-state index contributed by atoms with van der Waals surface area (Å²) in [7, 11) is 1.82. The van der Waals surface area contributed by atoms with Gasteiger partial charge in [-0.1, -0.05) is 6.07 Å². The molecule has 0 radical (unpaired) electrons. The summed E-state index contributed by atoms with van der Waals surface area (Å²) >= 11 is 0. The Morgan fingerprint density at radius 3 is 3.23 bits per heavy atom. The van der Waals surface area contributed by atoms with E-state index in [9.17, 15) is 0 Å². The number of nitrogens with zero attached hydrogens (tertiary/aromatic N) is 2. The average Bonchev–Trinajstić information content (AvgIpc) is 2.19. The number of hydrogen-bond donors (Lipinski definition) is 1. The highest BCUT2D eigenvalue weighted by molar-refractivity contribution is 6.00. The predicted molar refractivity (Wildman–Crippen MR) is 52.8 cm³/mol. The minimum absolute atomic E-state index is 1.03. The minimum Gasteiger partial charge on any atom is -0.313 e. The van der Waals surface area contributed by atoms with Crippen molar-refractivity contribution in [3.05, 3.63) is 29.6 Å². The molecule has 1 aliphatic carbocycles. The molecule has 0 fully saturated rings. The molecule has 0 aliphatic heterocycles. The Kier molecular flexibility index (Phi) is 2.25. The maximum Gasteiger partial charge on any atom is 0.0894 e. The van der Waals surface area contributed by atoms with Crippen LogP contribution in [0, 0.1) is 0 Å². The first-order valence-corrected chi connectivity index (χ1v) is 4.59. The van der Waals surface area contributed by atoms with Gasteiger partial charge in [-0.2, -0.15) is 5.10 Å². The summed E-state index contributed by atoms with van der Waals surface area (Å²) in [6.07, 6.45) is 5.17. The second kappa shape index (κ2) is 3.56. The first-order chi connectivity index (χ1) is 6.42. The van der Waals surface area contributed by atoms with Crippen molar-refractivity contribution in [2.75, 3.05) is 7.05 Å². The Labute approximate surface area is 77.9 Å². The second-order valence-electron chi connectivity index (χ2n) is 3.15. The van der Waals surface area contributed by atoms with E-state index in [2.05, 4.69) is 21.6 Å². The van der Waals surface area contributed by atoms with Crippen LogP contribution in [0.1, 0.15) is 24.1 Å². The molecule has 0 aromatic carbocycles. The lowest BCUT2D eigenvalue weighted by Gasteiger charge is -2.15. The molecule has 0 saturated carbocycles. The molecule has 3 nitrogen and oxygen atoms in total. The zero-order valence-electron chi connectivity index (χ0n) is 7.75. The highest BCUT2D eigenvalue weighted by Gasteiger charge is 2.15. The monoisotopic (exact) mass is 175 g/mol. The van der Waals surface area contributed by atoms with Crippen molar-refractivity contribution in [3.63, 3.8) is 0 Å². The molecule has 0 amide bonds. The summed E-state index contributed by atoms with van der Waals surface area (Å²) in [6.45, 7) is 0. The number of aryl methyl sites for hydroxylation is 1. The topological polar surface area (TPSA) is 37.3 Å². The molecule has 0 atom stereocenters. The molecule has 2 rings (SSSR count). The first-order valence-electron chi connectivity index (χ1n) is 4.59. The Morgan fingerprint density at radius 2 is 2.38 bits per heavy atom. The third kappa shape index (κ3) is 1.54. The quantitative estimate of drug-likeness (QED) is 0.654. The van der Waals surface area contributed by atoms with Gasteiger partial charge in [-0.05, 0) is 30.9 Å². The molecule has 1 N–H and O–H groups in total. The van der Waals surface area contributed by atoms with E-state index in [1.807, 2.05) is 19.3 Å². The number of fused-ring (bicyclic) bond motifs is 1. The van der Waals surface area contributed by atoms with E-state index in [1.54, 1.807) is 0 Å². The fourth-order valence-corrected chi connectivity index (χ4v) is 1.71. The Balaban J connectivity index is 2.42. The van der Waals surface area contributed by atoms with Crippen LogP contribution < -0.4 is 5.43 Å². The van der Waals surface area contributed by atoms with Crippen molar-refractivity contribution < 1.29 is 0 Å². The van der Waals surface area contributed by atoms with Crippen molar-refractivity contribution >= 4 is 5.71 Å². The maximum atomic E-state index is 4.35. The first kappa shape index (κ1) is 8.23. The van der Waals surface area contributed by atoms with Crippen LogP contribution in [0.2, 0.25) is 0 Å². The van der Waals surface area contributed by atoms with Crippen molar-refractivity contribution in [1.29, 1.82) is 0 Å². The SMILES string of the molecule is CN/N=C1\CCCc2cccnc21. The molecule has 1 aromatic heterocycles. The van der Waals surface area contributed by atoms with Gasteiger partial charge in [0.2, 0.25) is 0 Å². The van der Waals surface area contributed by atoms with Gasteiger partial charge >= 0.3 is 0 Å². The van der Waals surface area contributed by atoms with Gasteiger partial charge in [0.1, 0.15) is 0 Å². The standard InChI is InChI=1S/C10H13N3/c1-11-13-9-6-2-4-8-5-3-7-12-10(8)9/h3,5,7,11H,2,4,6H2,1H3/b13-9+. The van der Waals surface area contributed by atoms with Crippen molar-refractivity contribution in [1.82, 2.24) is 10.4 Å². The summed E-state index contributed by atoms with van der Waals surface area (Å²) in [5, 5.41) is 4.23. The molecule has 0 unspecified atom stereocenters. The smallest absolute Gasteiger partial charge is 0.0894 e. The summed E-state index contributed by atoms with van der Waals surface area (Å²) in [4.78, 5) is 4.35. The highest BCUT2D eigenvalue weighted by Crippen LogP contribution is 2.18. The van der Waals surface area contributed by atoms with Gasteiger partial charge in [0, 0.05) is 13.2 Å². The number of nitrogens with one attached hydrogen (secondary N) is 1. The van der Waals surface area contributed by atoms with E-state index in [-0.39, 0.29) is 0 Å². The van der Waals surface area contributed by atoms with Gasteiger partial charge < -0.3 is 5.43 Å². The number of hydrogen-bond acceptors (Lipinski definition) is 3. The third-order valence-corrected chi connectivity index (χ3v) is 2.27. The van der Waals surface area contributed by atoms with Gasteiger partial charge in [-0.15, -0.1) is 0 Å². The molecular weight excluding hydrogens is 162 g/mol. The Bertz CT molecular complexity index is 331. The van der Waals surface area contributed by atoms with Crippen LogP contribution >= 0.6 is 0 Å². The zero-order chi connectivity index (χ0) is 9.10. The molecule has 68 valence electrons. The van der Waals surface area contributed by atoms with Gasteiger partial charge in [-0.3, -0.25) is 4.98 Å². The van der Waals surface area contributed by atoms with Crippen molar-refractivity contribution in [3.8, 4) is 0 Å². The molecule has 1 aromatic rings. The minimum atomic E-state index is 1.03. The molecular formula is C10H13N3. The van der Waals surface area contributed by atoms with Crippen LogP contribution in [-0.2, 0) is 6.42 Å². The van der Waals surface area contributed by atoms with Crippen LogP contribution in [0.15, 0.2) is 23.4 Å². The van der Waals surface area contributed by atoms with E-state index in [0.717, 1.165) is 24.2 Å². The number of aromatic nitrogens is 1. The van der Waals surface area contributed by atoms with E-state index in [4.69, 9.17) is 0 Å². The van der Waals surface area contributed by atoms with Crippen LogP contribution in [0.25, 0.3) is 0 Å². The van der Waals surface area contributed by atoms with Crippen LogP contribution in [-0.4, -0.2) is 17.7 Å². The number of hydrazone groups is 1. The maximum absolute atomic E-state index is 4.35. The molecule has 0 bridgehead atoms. The van der Waals surface area contributed by atoms with Gasteiger partial charge in [0.05, 0.1) is 11.4 Å². The molecule has 3 heteroatoms. The largest absolute Gasteiger partial charge is 0.313 e. The fourth-order valence-electron chi connectivity index (χ4n) is 1.71. The third-order valence-electron chi connectivity index (χ3n) is 2.27. The summed E-state index contributed by atoms with van der Waals surface area (Å²) in [6, 6.07) is 4.12. The lowest BCUT2D eigenvalue weighted by molar-refractivity contribution is 0.802. The Hall–Kier alpha value is -1.38. The molecule has 0 saturated heterocycles. The van der Waals surface area contributed by atoms with E-state index >= 15 is 0 Å². The molecule has 1 heterocycles. The second-order valence-corrected chi connectivity index (χ2v) is 3.15. The van der Waals surface area contributed by atoms with Crippen LogP contribution in [0.4, 0.5) is 0 Å². The van der Waals surface area contributed by atoms with Gasteiger partial charge in [-0.25, -0.2) is 0 Å². The summed E-state index contributed by atoms with van der Waals surface area (Å²) < 4.78 is 0. The van der Waals surface area contributed by atoms with Gasteiger partial charge in [0.15, 0.2) is 0 Å². The van der Waals surface area contributed by atoms with E-state index in [1.165, 1.54) is 12.0 Å². The predicted octanol–water partition coefficient (Wildman–Crippen LogP) is 1.34. The molecule has 0 spiro atoms. The normalized spacial score (nSPS) is 18.4. The molecule has 1 aliphatic rings. The number of rotatable bonds is 1. The van der Waals surface area contributed by atoms with E-state index < -0.39 is 0 Å². The fraction of sp³-hybridized carbons (Fsp3) is 0.400. The van der Waals surface area contributed by atoms with Crippen molar-refractivity contribution in [2.45, 2.75) is 19.3 Å². The molecule has 13 heavy (non-hydrogen) atoms. The zero-order valence-corrected chi connectivity index (χ0v) is 7.75. The van der Waals surface area contributed by atoms with E-state index in [0.29, 0.717) is 0 Å². The summed E-state index contributed by atoms with van der Waals surface area (Å²) in [5.74, 6) is 0. The lowest BCUT2D eigenvalue weighted by atomic mass is 9.95. The average molecular weight is 175 g/mol. The lowest BCUT2D eigenvalue weighted by Crippen LogP contribution is -2.16. The number of pyridine rings is 1. The van der Waals surface area contributed by atoms with Crippen LogP contribution in [0.5, 0.6) is 0 Å². The summed E-state index contributed by atoms with van der Waals surface area (Å²) in [5.41, 5.74) is 6.31. The van der Waals surface area contributed by atoms with Crippen molar-refractivity contribution in [2.24, 2.45) is 5.10 Å². The van der Waals surface area contributed by atoms with Gasteiger partial charge in [0.25, 0.3) is 0 Å².